The summed E-state index contributed by atoms with van der Waals surface area (Å²) in [6.07, 6.45) is 10.7. The molecule has 3 heteroatoms. The number of carbonyl (C=O) groups excluding carboxylic acids is 1. The molecule has 0 saturated heterocycles. The molecule has 0 unspecified atom stereocenters. The first-order valence-electron chi connectivity index (χ1n) is 6.69. The lowest BCUT2D eigenvalue weighted by Gasteiger charge is -2.21. The Morgan fingerprint density at radius 1 is 1.24 bits per heavy atom. The standard InChI is InChI=1S/C14H22N2O/c1-16-11-7-10-13(16)14(17)15-12-8-5-3-2-4-6-9-12/h7,10-12H,2-6,8-9H2,1H3,(H,15,17). The summed E-state index contributed by atoms with van der Waals surface area (Å²) in [7, 11) is 1.91. The number of hydrogen-bond donors (Lipinski definition) is 1. The SMILES string of the molecule is Cn1cccc1C(=O)NC1CCCCCCC1. The largest absolute Gasteiger partial charge is 0.348 e. The fourth-order valence-electron chi connectivity index (χ4n) is 2.56. The van der Waals surface area contributed by atoms with E-state index in [4.69, 9.17) is 0 Å². The van der Waals surface area contributed by atoms with Gasteiger partial charge in [0.1, 0.15) is 5.69 Å². The minimum Gasteiger partial charge on any atom is -0.348 e. The Morgan fingerprint density at radius 3 is 2.47 bits per heavy atom. The molecule has 0 aliphatic heterocycles. The number of nitrogens with zero attached hydrogens (tertiary/aromatic N) is 1. The van der Waals surface area contributed by atoms with Crippen LogP contribution in [-0.4, -0.2) is 16.5 Å². The van der Waals surface area contributed by atoms with Gasteiger partial charge in [0.05, 0.1) is 0 Å². The number of carbonyl (C=O) groups is 1. The Morgan fingerprint density at radius 2 is 1.88 bits per heavy atom. The second-order valence-electron chi connectivity index (χ2n) is 5.02. The van der Waals surface area contributed by atoms with E-state index in [9.17, 15) is 4.79 Å². The summed E-state index contributed by atoms with van der Waals surface area (Å²) in [4.78, 5) is 12.1. The third kappa shape index (κ3) is 3.35. The first-order chi connectivity index (χ1) is 8.27. The molecule has 1 aromatic rings. The van der Waals surface area contributed by atoms with Gasteiger partial charge in [0, 0.05) is 19.3 Å². The van der Waals surface area contributed by atoms with Crippen molar-refractivity contribution in [2.24, 2.45) is 7.05 Å². The molecular weight excluding hydrogens is 212 g/mol. The number of amides is 1. The molecule has 0 atom stereocenters. The van der Waals surface area contributed by atoms with Crippen molar-refractivity contribution in [2.75, 3.05) is 0 Å². The molecule has 1 amide bonds. The Bertz CT molecular complexity index is 362. The predicted molar refractivity (Wildman–Crippen MR) is 69.0 cm³/mol. The van der Waals surface area contributed by atoms with Crippen LogP contribution in [0.4, 0.5) is 0 Å². The predicted octanol–water partition coefficient (Wildman–Crippen LogP) is 2.87. The van der Waals surface area contributed by atoms with Gasteiger partial charge in [-0.15, -0.1) is 0 Å². The molecule has 1 aliphatic carbocycles. The molecule has 17 heavy (non-hydrogen) atoms. The summed E-state index contributed by atoms with van der Waals surface area (Å²) in [6, 6.07) is 4.16. The van der Waals surface area contributed by atoms with Crippen molar-refractivity contribution in [3.05, 3.63) is 24.0 Å². The average molecular weight is 234 g/mol. The van der Waals surface area contributed by atoms with Crippen LogP contribution in [0.15, 0.2) is 18.3 Å². The zero-order valence-electron chi connectivity index (χ0n) is 10.6. The summed E-state index contributed by atoms with van der Waals surface area (Å²) in [5.41, 5.74) is 0.757. The monoisotopic (exact) mass is 234 g/mol. The second-order valence-corrected chi connectivity index (χ2v) is 5.02. The lowest BCUT2D eigenvalue weighted by atomic mass is 9.96. The maximum absolute atomic E-state index is 12.1. The normalized spacial score (nSPS) is 18.4. The van der Waals surface area contributed by atoms with Crippen molar-refractivity contribution in [3.63, 3.8) is 0 Å². The van der Waals surface area contributed by atoms with Crippen LogP contribution in [0.1, 0.15) is 55.4 Å². The van der Waals surface area contributed by atoms with Crippen LogP contribution in [0.25, 0.3) is 0 Å². The summed E-state index contributed by atoms with van der Waals surface area (Å²) in [6.45, 7) is 0. The topological polar surface area (TPSA) is 34.0 Å². The molecule has 0 radical (unpaired) electrons. The molecule has 3 nitrogen and oxygen atoms in total. The first-order valence-corrected chi connectivity index (χ1v) is 6.69. The molecule has 1 N–H and O–H groups in total. The summed E-state index contributed by atoms with van der Waals surface area (Å²) in [5.74, 6) is 0.0723. The lowest BCUT2D eigenvalue weighted by molar-refractivity contribution is 0.0922. The van der Waals surface area contributed by atoms with Gasteiger partial charge < -0.3 is 9.88 Å². The number of hydrogen-bond acceptors (Lipinski definition) is 1. The van der Waals surface area contributed by atoms with Crippen LogP contribution in [0.3, 0.4) is 0 Å². The molecule has 1 aromatic heterocycles. The Kier molecular flexibility index (Phi) is 4.24. The van der Waals surface area contributed by atoms with E-state index in [1.54, 1.807) is 0 Å². The molecule has 1 saturated carbocycles. The van der Waals surface area contributed by atoms with Gasteiger partial charge in [0.2, 0.25) is 0 Å². The van der Waals surface area contributed by atoms with Gasteiger partial charge in [0.25, 0.3) is 5.91 Å². The van der Waals surface area contributed by atoms with E-state index in [2.05, 4.69) is 5.32 Å². The lowest BCUT2D eigenvalue weighted by Crippen LogP contribution is -2.36. The van der Waals surface area contributed by atoms with Crippen molar-refractivity contribution in [1.82, 2.24) is 9.88 Å². The van der Waals surface area contributed by atoms with E-state index in [0.717, 1.165) is 18.5 Å². The van der Waals surface area contributed by atoms with E-state index in [-0.39, 0.29) is 5.91 Å². The summed E-state index contributed by atoms with van der Waals surface area (Å²) >= 11 is 0. The van der Waals surface area contributed by atoms with E-state index >= 15 is 0 Å². The number of aromatic nitrogens is 1. The van der Waals surface area contributed by atoms with Crippen molar-refractivity contribution >= 4 is 5.91 Å². The second kappa shape index (κ2) is 5.89. The van der Waals surface area contributed by atoms with Gasteiger partial charge in [-0.05, 0) is 25.0 Å². The van der Waals surface area contributed by atoms with Gasteiger partial charge in [0.15, 0.2) is 0 Å². The van der Waals surface area contributed by atoms with Gasteiger partial charge >= 0.3 is 0 Å². The van der Waals surface area contributed by atoms with E-state index < -0.39 is 0 Å². The maximum atomic E-state index is 12.1. The van der Waals surface area contributed by atoms with Crippen molar-refractivity contribution < 1.29 is 4.79 Å². The maximum Gasteiger partial charge on any atom is 0.268 e. The van der Waals surface area contributed by atoms with Crippen LogP contribution in [-0.2, 0) is 7.05 Å². The number of nitrogens with one attached hydrogen (secondary N) is 1. The third-order valence-electron chi connectivity index (χ3n) is 3.62. The van der Waals surface area contributed by atoms with E-state index in [1.165, 1.54) is 32.1 Å². The highest BCUT2D eigenvalue weighted by molar-refractivity contribution is 5.92. The van der Waals surface area contributed by atoms with Crippen LogP contribution in [0.5, 0.6) is 0 Å². The molecule has 0 bridgehead atoms. The average Bonchev–Trinajstić information content (AvgIpc) is 2.68. The third-order valence-corrected chi connectivity index (χ3v) is 3.62. The molecule has 0 spiro atoms. The minimum atomic E-state index is 0.0723. The molecule has 1 fully saturated rings. The Labute approximate surface area is 103 Å². The fraction of sp³-hybridized carbons (Fsp3) is 0.643. The van der Waals surface area contributed by atoms with Crippen LogP contribution >= 0.6 is 0 Å². The molecule has 0 aromatic carbocycles. The fourth-order valence-corrected chi connectivity index (χ4v) is 2.56. The quantitative estimate of drug-likeness (QED) is 0.838. The van der Waals surface area contributed by atoms with Crippen molar-refractivity contribution in [1.29, 1.82) is 0 Å². The summed E-state index contributed by atoms with van der Waals surface area (Å²) in [5, 5.41) is 3.17. The first kappa shape index (κ1) is 12.2. The molecule has 1 aliphatic rings. The zero-order chi connectivity index (χ0) is 12.1. The zero-order valence-corrected chi connectivity index (χ0v) is 10.6. The number of aryl methyl sites for hydroxylation is 1. The van der Waals surface area contributed by atoms with Crippen LogP contribution in [0.2, 0.25) is 0 Å². The van der Waals surface area contributed by atoms with Crippen molar-refractivity contribution in [2.45, 2.75) is 51.0 Å². The highest BCUT2D eigenvalue weighted by Gasteiger charge is 2.16. The molecule has 94 valence electrons. The van der Waals surface area contributed by atoms with Gasteiger partial charge in [-0.1, -0.05) is 32.1 Å². The summed E-state index contributed by atoms with van der Waals surface area (Å²) < 4.78 is 1.87. The highest BCUT2D eigenvalue weighted by Crippen LogP contribution is 2.17. The highest BCUT2D eigenvalue weighted by atomic mass is 16.2. The minimum absolute atomic E-state index is 0.0723. The van der Waals surface area contributed by atoms with Crippen molar-refractivity contribution in [3.8, 4) is 0 Å². The Balaban J connectivity index is 1.91. The molecule has 1 heterocycles. The van der Waals surface area contributed by atoms with E-state index in [1.807, 2.05) is 29.9 Å². The molecular formula is C14H22N2O. The van der Waals surface area contributed by atoms with Gasteiger partial charge in [-0.2, -0.15) is 0 Å². The van der Waals surface area contributed by atoms with Gasteiger partial charge in [-0.3, -0.25) is 4.79 Å². The van der Waals surface area contributed by atoms with E-state index in [0.29, 0.717) is 6.04 Å². The smallest absolute Gasteiger partial charge is 0.268 e. The Hall–Kier alpha value is -1.25. The van der Waals surface area contributed by atoms with Crippen LogP contribution in [0, 0.1) is 0 Å². The van der Waals surface area contributed by atoms with Gasteiger partial charge in [-0.25, -0.2) is 0 Å². The number of rotatable bonds is 2. The van der Waals surface area contributed by atoms with Crippen LogP contribution < -0.4 is 5.32 Å². The molecule has 2 rings (SSSR count).